The SMILES string of the molecule is CCC(C)(C)c1ccc(C#CCCO)cc1. The summed E-state index contributed by atoms with van der Waals surface area (Å²) in [6.07, 6.45) is 1.67. The molecule has 0 amide bonds. The molecule has 1 nitrogen and oxygen atoms in total. The van der Waals surface area contributed by atoms with Crippen molar-refractivity contribution in [2.45, 2.75) is 39.0 Å². The Kier molecular flexibility index (Phi) is 4.58. The molecule has 0 fully saturated rings. The highest BCUT2D eigenvalue weighted by molar-refractivity contribution is 5.38. The third-order valence-electron chi connectivity index (χ3n) is 3.02. The third-order valence-corrected chi connectivity index (χ3v) is 3.02. The Morgan fingerprint density at radius 2 is 1.81 bits per heavy atom. The zero-order chi connectivity index (χ0) is 12.0. The average molecular weight is 216 g/mol. The van der Waals surface area contributed by atoms with E-state index in [-0.39, 0.29) is 12.0 Å². The van der Waals surface area contributed by atoms with Crippen molar-refractivity contribution >= 4 is 0 Å². The number of benzene rings is 1. The number of aliphatic hydroxyl groups is 1. The second kappa shape index (κ2) is 5.72. The number of rotatable bonds is 3. The van der Waals surface area contributed by atoms with E-state index in [1.165, 1.54) is 5.56 Å². The lowest BCUT2D eigenvalue weighted by atomic mass is 9.82. The summed E-state index contributed by atoms with van der Waals surface area (Å²) in [6, 6.07) is 8.40. The first-order valence-electron chi connectivity index (χ1n) is 5.80. The maximum Gasteiger partial charge on any atom is 0.0540 e. The number of hydrogen-bond acceptors (Lipinski definition) is 1. The minimum absolute atomic E-state index is 0.133. The first kappa shape index (κ1) is 12.8. The summed E-state index contributed by atoms with van der Waals surface area (Å²) in [5.41, 5.74) is 2.60. The van der Waals surface area contributed by atoms with Gasteiger partial charge in [-0.1, -0.05) is 44.7 Å². The monoisotopic (exact) mass is 216 g/mol. The molecule has 0 aliphatic rings. The van der Waals surface area contributed by atoms with Gasteiger partial charge in [0.25, 0.3) is 0 Å². The van der Waals surface area contributed by atoms with Crippen LogP contribution in [0.5, 0.6) is 0 Å². The molecular weight excluding hydrogens is 196 g/mol. The van der Waals surface area contributed by atoms with Crippen LogP contribution in [0.4, 0.5) is 0 Å². The van der Waals surface area contributed by atoms with Crippen molar-refractivity contribution in [3.63, 3.8) is 0 Å². The van der Waals surface area contributed by atoms with Crippen LogP contribution in [0.15, 0.2) is 24.3 Å². The molecule has 0 saturated heterocycles. The van der Waals surface area contributed by atoms with E-state index in [4.69, 9.17) is 5.11 Å². The van der Waals surface area contributed by atoms with Crippen LogP contribution in [0.25, 0.3) is 0 Å². The van der Waals surface area contributed by atoms with Gasteiger partial charge in [0.05, 0.1) is 6.61 Å². The van der Waals surface area contributed by atoms with Gasteiger partial charge in [0.15, 0.2) is 0 Å². The molecule has 0 saturated carbocycles. The molecule has 0 aromatic heterocycles. The van der Waals surface area contributed by atoms with Crippen molar-refractivity contribution in [2.24, 2.45) is 0 Å². The fraction of sp³-hybridized carbons (Fsp3) is 0.467. The van der Waals surface area contributed by atoms with Crippen LogP contribution in [0.2, 0.25) is 0 Å². The maximum atomic E-state index is 8.62. The van der Waals surface area contributed by atoms with Crippen LogP contribution in [0.1, 0.15) is 44.7 Å². The number of hydrogen-bond donors (Lipinski definition) is 1. The summed E-state index contributed by atoms with van der Waals surface area (Å²) in [4.78, 5) is 0. The summed E-state index contributed by atoms with van der Waals surface area (Å²) in [5, 5.41) is 8.62. The topological polar surface area (TPSA) is 20.2 Å². The first-order valence-corrected chi connectivity index (χ1v) is 5.80. The standard InChI is InChI=1S/C15H20O/c1-4-15(2,3)14-10-8-13(9-11-14)7-5-6-12-16/h8-11,16H,4,6,12H2,1-3H3. The van der Waals surface area contributed by atoms with Crippen molar-refractivity contribution in [1.82, 2.24) is 0 Å². The van der Waals surface area contributed by atoms with E-state index in [0.29, 0.717) is 6.42 Å². The molecule has 16 heavy (non-hydrogen) atoms. The molecule has 86 valence electrons. The van der Waals surface area contributed by atoms with Gasteiger partial charge in [-0.25, -0.2) is 0 Å². The van der Waals surface area contributed by atoms with Crippen LogP contribution in [-0.2, 0) is 5.41 Å². The van der Waals surface area contributed by atoms with Gasteiger partial charge in [-0.15, -0.1) is 0 Å². The van der Waals surface area contributed by atoms with Gasteiger partial charge in [-0.3, -0.25) is 0 Å². The van der Waals surface area contributed by atoms with Gasteiger partial charge >= 0.3 is 0 Å². The van der Waals surface area contributed by atoms with Crippen molar-refractivity contribution in [3.05, 3.63) is 35.4 Å². The zero-order valence-corrected chi connectivity index (χ0v) is 10.4. The molecule has 1 aromatic rings. The van der Waals surface area contributed by atoms with Crippen molar-refractivity contribution in [1.29, 1.82) is 0 Å². The van der Waals surface area contributed by atoms with Gasteiger partial charge in [0, 0.05) is 12.0 Å². The summed E-state index contributed by atoms with van der Waals surface area (Å²) in [5.74, 6) is 5.96. The molecule has 1 aromatic carbocycles. The van der Waals surface area contributed by atoms with Gasteiger partial charge in [0.1, 0.15) is 0 Å². The summed E-state index contributed by atoms with van der Waals surface area (Å²) in [7, 11) is 0. The second-order valence-electron chi connectivity index (χ2n) is 4.59. The molecule has 0 spiro atoms. The van der Waals surface area contributed by atoms with Crippen LogP contribution in [0, 0.1) is 11.8 Å². The van der Waals surface area contributed by atoms with Gasteiger partial charge < -0.3 is 5.11 Å². The highest BCUT2D eigenvalue weighted by Gasteiger charge is 2.16. The predicted molar refractivity (Wildman–Crippen MR) is 68.3 cm³/mol. The van der Waals surface area contributed by atoms with Gasteiger partial charge in [-0.05, 0) is 29.5 Å². The molecule has 0 bridgehead atoms. The van der Waals surface area contributed by atoms with E-state index >= 15 is 0 Å². The van der Waals surface area contributed by atoms with Crippen LogP contribution in [0.3, 0.4) is 0 Å². The second-order valence-corrected chi connectivity index (χ2v) is 4.59. The van der Waals surface area contributed by atoms with E-state index in [0.717, 1.165) is 12.0 Å². The highest BCUT2D eigenvalue weighted by atomic mass is 16.2. The quantitative estimate of drug-likeness (QED) is 0.770. The fourth-order valence-electron chi connectivity index (χ4n) is 1.43. The molecular formula is C15H20O. The normalized spacial score (nSPS) is 10.8. The Balaban J connectivity index is 2.81. The average Bonchev–Trinajstić information content (AvgIpc) is 2.30. The highest BCUT2D eigenvalue weighted by Crippen LogP contribution is 2.26. The van der Waals surface area contributed by atoms with E-state index in [1.807, 2.05) is 0 Å². The third kappa shape index (κ3) is 3.40. The lowest BCUT2D eigenvalue weighted by Gasteiger charge is -2.23. The van der Waals surface area contributed by atoms with Crippen LogP contribution in [-0.4, -0.2) is 11.7 Å². The van der Waals surface area contributed by atoms with E-state index in [1.54, 1.807) is 0 Å². The predicted octanol–water partition coefficient (Wildman–Crippen LogP) is 3.11. The largest absolute Gasteiger partial charge is 0.395 e. The molecule has 1 heteroatoms. The minimum atomic E-state index is 0.133. The van der Waals surface area contributed by atoms with Gasteiger partial charge in [-0.2, -0.15) is 0 Å². The molecule has 0 aliphatic carbocycles. The van der Waals surface area contributed by atoms with E-state index in [2.05, 4.69) is 56.9 Å². The minimum Gasteiger partial charge on any atom is -0.395 e. The smallest absolute Gasteiger partial charge is 0.0540 e. The van der Waals surface area contributed by atoms with Crippen LogP contribution < -0.4 is 0 Å². The lowest BCUT2D eigenvalue weighted by Crippen LogP contribution is -2.14. The van der Waals surface area contributed by atoms with Gasteiger partial charge in [0.2, 0.25) is 0 Å². The molecule has 0 aliphatic heterocycles. The lowest BCUT2D eigenvalue weighted by molar-refractivity contribution is 0.305. The maximum absolute atomic E-state index is 8.62. The molecule has 0 heterocycles. The van der Waals surface area contributed by atoms with Crippen molar-refractivity contribution in [2.75, 3.05) is 6.61 Å². The Hall–Kier alpha value is -1.26. The fourth-order valence-corrected chi connectivity index (χ4v) is 1.43. The Bertz CT molecular complexity index is 376. The Morgan fingerprint density at radius 1 is 1.19 bits per heavy atom. The summed E-state index contributed by atoms with van der Waals surface area (Å²) in [6.45, 7) is 6.84. The summed E-state index contributed by atoms with van der Waals surface area (Å²) < 4.78 is 0. The molecule has 1 N–H and O–H groups in total. The Morgan fingerprint density at radius 3 is 2.31 bits per heavy atom. The molecule has 0 radical (unpaired) electrons. The van der Waals surface area contributed by atoms with E-state index in [9.17, 15) is 0 Å². The van der Waals surface area contributed by atoms with Crippen molar-refractivity contribution < 1.29 is 5.11 Å². The van der Waals surface area contributed by atoms with Crippen LogP contribution >= 0.6 is 0 Å². The molecule has 0 atom stereocenters. The van der Waals surface area contributed by atoms with E-state index < -0.39 is 0 Å². The molecule has 1 rings (SSSR count). The number of aliphatic hydroxyl groups excluding tert-OH is 1. The van der Waals surface area contributed by atoms with Crippen molar-refractivity contribution in [3.8, 4) is 11.8 Å². The zero-order valence-electron chi connectivity index (χ0n) is 10.4. The Labute approximate surface area is 98.5 Å². The summed E-state index contributed by atoms with van der Waals surface area (Å²) >= 11 is 0. The molecule has 0 unspecified atom stereocenters. The first-order chi connectivity index (χ1) is 7.60.